The Bertz CT molecular complexity index is 173. The van der Waals surface area contributed by atoms with Crippen LogP contribution < -0.4 is 0 Å². The maximum atomic E-state index is 4.53. The lowest BCUT2D eigenvalue weighted by Gasteiger charge is -2.25. The zero-order chi connectivity index (χ0) is 8.81. The minimum absolute atomic E-state index is 0.890. The van der Waals surface area contributed by atoms with Gasteiger partial charge in [0.15, 0.2) is 0 Å². The van der Waals surface area contributed by atoms with Crippen molar-refractivity contribution in [3.05, 3.63) is 0 Å². The second-order valence-electron chi connectivity index (χ2n) is 3.90. The average Bonchev–Trinajstić information content (AvgIpc) is 2.05. The molecule has 1 rings (SSSR count). The summed E-state index contributed by atoms with van der Waals surface area (Å²) in [7, 11) is 0. The topological polar surface area (TPSA) is 12.4 Å². The molecule has 0 spiro atoms. The van der Waals surface area contributed by atoms with E-state index in [1.807, 2.05) is 0 Å². The van der Waals surface area contributed by atoms with Crippen LogP contribution in [-0.2, 0) is 0 Å². The van der Waals surface area contributed by atoms with Gasteiger partial charge >= 0.3 is 0 Å². The van der Waals surface area contributed by atoms with Crippen molar-refractivity contribution in [2.75, 3.05) is 6.54 Å². The first kappa shape index (κ1) is 9.88. The van der Waals surface area contributed by atoms with Crippen molar-refractivity contribution in [2.24, 2.45) is 16.8 Å². The van der Waals surface area contributed by atoms with E-state index in [1.54, 1.807) is 0 Å². The molecule has 0 saturated heterocycles. The molecule has 1 aliphatic carbocycles. The van der Waals surface area contributed by atoms with Gasteiger partial charge in [0, 0.05) is 6.54 Å². The predicted molar refractivity (Wildman–Crippen MR) is 55.6 cm³/mol. The Kier molecular flexibility index (Phi) is 4.49. The SMILES string of the molecule is CC1CCCC(CCN=C=S)C1. The van der Waals surface area contributed by atoms with Crippen LogP contribution in [0.25, 0.3) is 0 Å². The minimum Gasteiger partial charge on any atom is -0.233 e. The summed E-state index contributed by atoms with van der Waals surface area (Å²) in [6.45, 7) is 3.25. The number of thiocarbonyl (C=S) groups is 1. The number of hydrogen-bond acceptors (Lipinski definition) is 2. The molecule has 0 amide bonds. The minimum atomic E-state index is 0.890. The summed E-state index contributed by atoms with van der Waals surface area (Å²) in [6.07, 6.45) is 6.85. The van der Waals surface area contributed by atoms with E-state index >= 15 is 0 Å². The van der Waals surface area contributed by atoms with Gasteiger partial charge in [-0.25, -0.2) is 4.99 Å². The molecule has 0 aromatic rings. The van der Waals surface area contributed by atoms with Crippen LogP contribution in [-0.4, -0.2) is 11.7 Å². The van der Waals surface area contributed by atoms with Gasteiger partial charge in [-0.05, 0) is 36.9 Å². The van der Waals surface area contributed by atoms with Crippen molar-refractivity contribution in [3.8, 4) is 0 Å². The van der Waals surface area contributed by atoms with E-state index < -0.39 is 0 Å². The average molecular weight is 183 g/mol. The van der Waals surface area contributed by atoms with Crippen molar-refractivity contribution in [1.82, 2.24) is 0 Å². The van der Waals surface area contributed by atoms with E-state index in [-0.39, 0.29) is 0 Å². The number of nitrogens with zero attached hydrogens (tertiary/aromatic N) is 1. The fourth-order valence-corrected chi connectivity index (χ4v) is 2.21. The second kappa shape index (κ2) is 5.45. The van der Waals surface area contributed by atoms with E-state index in [0.29, 0.717) is 0 Å². The Morgan fingerprint density at radius 3 is 3.00 bits per heavy atom. The summed E-state index contributed by atoms with van der Waals surface area (Å²) >= 11 is 4.53. The fourth-order valence-electron chi connectivity index (χ4n) is 2.11. The van der Waals surface area contributed by atoms with Crippen molar-refractivity contribution in [2.45, 2.75) is 39.0 Å². The lowest BCUT2D eigenvalue weighted by molar-refractivity contribution is 0.273. The summed E-state index contributed by atoms with van der Waals surface area (Å²) in [5, 5.41) is 2.43. The summed E-state index contributed by atoms with van der Waals surface area (Å²) in [5.74, 6) is 1.83. The first-order chi connectivity index (χ1) is 5.83. The number of hydrogen-bond donors (Lipinski definition) is 0. The van der Waals surface area contributed by atoms with Gasteiger partial charge in [-0.2, -0.15) is 0 Å². The zero-order valence-corrected chi connectivity index (χ0v) is 8.57. The number of isothiocyanates is 1. The van der Waals surface area contributed by atoms with Gasteiger partial charge in [-0.15, -0.1) is 0 Å². The normalized spacial score (nSPS) is 29.4. The van der Waals surface area contributed by atoms with Gasteiger partial charge in [0.1, 0.15) is 0 Å². The Morgan fingerprint density at radius 1 is 1.50 bits per heavy atom. The summed E-state index contributed by atoms with van der Waals surface area (Å²) in [4.78, 5) is 3.96. The Morgan fingerprint density at radius 2 is 2.33 bits per heavy atom. The van der Waals surface area contributed by atoms with E-state index in [4.69, 9.17) is 0 Å². The van der Waals surface area contributed by atoms with Crippen LogP contribution in [0.3, 0.4) is 0 Å². The second-order valence-corrected chi connectivity index (χ2v) is 4.08. The van der Waals surface area contributed by atoms with Crippen LogP contribution in [0.4, 0.5) is 0 Å². The molecule has 0 aliphatic heterocycles. The van der Waals surface area contributed by atoms with E-state index in [0.717, 1.165) is 18.4 Å². The first-order valence-electron chi connectivity index (χ1n) is 4.86. The highest BCUT2D eigenvalue weighted by molar-refractivity contribution is 7.78. The molecule has 0 bridgehead atoms. The summed E-state index contributed by atoms with van der Waals surface area (Å²) < 4.78 is 0. The summed E-state index contributed by atoms with van der Waals surface area (Å²) in [6, 6.07) is 0. The molecule has 0 heterocycles. The van der Waals surface area contributed by atoms with Crippen LogP contribution in [0.15, 0.2) is 4.99 Å². The van der Waals surface area contributed by atoms with Crippen molar-refractivity contribution in [3.63, 3.8) is 0 Å². The molecule has 2 unspecified atom stereocenters. The number of aliphatic imine (C=N–C) groups is 1. The van der Waals surface area contributed by atoms with Gasteiger partial charge < -0.3 is 0 Å². The van der Waals surface area contributed by atoms with Crippen LogP contribution in [0.2, 0.25) is 0 Å². The molecule has 0 aromatic carbocycles. The van der Waals surface area contributed by atoms with E-state index in [9.17, 15) is 0 Å². The fraction of sp³-hybridized carbons (Fsp3) is 0.900. The molecule has 1 fully saturated rings. The Balaban J connectivity index is 2.18. The largest absolute Gasteiger partial charge is 0.233 e. The lowest BCUT2D eigenvalue weighted by atomic mass is 9.81. The first-order valence-corrected chi connectivity index (χ1v) is 5.27. The molecule has 2 heteroatoms. The predicted octanol–water partition coefficient (Wildman–Crippen LogP) is 3.31. The van der Waals surface area contributed by atoms with Crippen LogP contribution in [0.5, 0.6) is 0 Å². The van der Waals surface area contributed by atoms with E-state index in [2.05, 4.69) is 29.3 Å². The third-order valence-corrected chi connectivity index (χ3v) is 2.89. The highest BCUT2D eigenvalue weighted by Gasteiger charge is 2.17. The number of rotatable bonds is 3. The van der Waals surface area contributed by atoms with E-state index in [1.165, 1.54) is 32.1 Å². The van der Waals surface area contributed by atoms with Gasteiger partial charge in [-0.1, -0.05) is 26.2 Å². The molecule has 0 N–H and O–H groups in total. The van der Waals surface area contributed by atoms with Crippen molar-refractivity contribution < 1.29 is 0 Å². The highest BCUT2D eigenvalue weighted by Crippen LogP contribution is 2.30. The van der Waals surface area contributed by atoms with Crippen LogP contribution >= 0.6 is 12.2 Å². The molecule has 2 atom stereocenters. The summed E-state index contributed by atoms with van der Waals surface area (Å²) in [5.41, 5.74) is 0. The Hall–Kier alpha value is -0.200. The monoisotopic (exact) mass is 183 g/mol. The third-order valence-electron chi connectivity index (χ3n) is 2.76. The maximum Gasteiger partial charge on any atom is 0.0584 e. The standard InChI is InChI=1S/C10H17NS/c1-9-3-2-4-10(7-9)5-6-11-8-12/h9-10H,2-7H2,1H3. The van der Waals surface area contributed by atoms with Gasteiger partial charge in [0.2, 0.25) is 0 Å². The lowest BCUT2D eigenvalue weighted by Crippen LogP contribution is -2.13. The van der Waals surface area contributed by atoms with Crippen molar-refractivity contribution >= 4 is 17.4 Å². The molecule has 1 nitrogen and oxygen atoms in total. The molecule has 0 aromatic heterocycles. The molecule has 12 heavy (non-hydrogen) atoms. The Labute approximate surface area is 80.3 Å². The zero-order valence-electron chi connectivity index (χ0n) is 7.75. The van der Waals surface area contributed by atoms with Gasteiger partial charge in [0.25, 0.3) is 0 Å². The third kappa shape index (κ3) is 3.46. The van der Waals surface area contributed by atoms with Crippen LogP contribution in [0, 0.1) is 11.8 Å². The highest BCUT2D eigenvalue weighted by atomic mass is 32.1. The molecular weight excluding hydrogens is 166 g/mol. The van der Waals surface area contributed by atoms with Gasteiger partial charge in [-0.3, -0.25) is 0 Å². The molecule has 0 radical (unpaired) electrons. The molecule has 1 saturated carbocycles. The smallest absolute Gasteiger partial charge is 0.0584 e. The van der Waals surface area contributed by atoms with Gasteiger partial charge in [0.05, 0.1) is 5.16 Å². The molecular formula is C10H17NS. The van der Waals surface area contributed by atoms with Crippen molar-refractivity contribution in [1.29, 1.82) is 0 Å². The molecule has 1 aliphatic rings. The quantitative estimate of drug-likeness (QED) is 0.483. The maximum absolute atomic E-state index is 4.53. The molecule has 68 valence electrons. The van der Waals surface area contributed by atoms with Crippen LogP contribution in [0.1, 0.15) is 39.0 Å².